The first-order valence-corrected chi connectivity index (χ1v) is 7.91. The first-order valence-electron chi connectivity index (χ1n) is 7.91. The van der Waals surface area contributed by atoms with Gasteiger partial charge in [-0.15, -0.1) is 0 Å². The minimum Gasteiger partial charge on any atom is -0.350 e. The van der Waals surface area contributed by atoms with Gasteiger partial charge in [-0.2, -0.15) is 0 Å². The van der Waals surface area contributed by atoms with Crippen LogP contribution in [0, 0.1) is 13.8 Å². The molecule has 0 bridgehead atoms. The number of carbonyl (C=O) groups is 1. The Balaban J connectivity index is 1.87. The van der Waals surface area contributed by atoms with Gasteiger partial charge >= 0.3 is 0 Å². The third-order valence-corrected chi connectivity index (χ3v) is 4.20. The first kappa shape index (κ1) is 15.3. The summed E-state index contributed by atoms with van der Waals surface area (Å²) in [4.78, 5) is 20.3. The highest BCUT2D eigenvalue weighted by Gasteiger charge is 2.18. The van der Waals surface area contributed by atoms with Crippen molar-refractivity contribution in [2.75, 3.05) is 0 Å². The van der Waals surface area contributed by atoms with Crippen LogP contribution in [0.5, 0.6) is 0 Å². The number of benzene rings is 1. The van der Waals surface area contributed by atoms with E-state index in [1.54, 1.807) is 6.20 Å². The predicted octanol–water partition coefficient (Wildman–Crippen LogP) is 4.06. The van der Waals surface area contributed by atoms with Crippen LogP contribution in [0.2, 0.25) is 0 Å². The summed E-state index contributed by atoms with van der Waals surface area (Å²) in [6.07, 6.45) is 2.56. The highest BCUT2D eigenvalue weighted by atomic mass is 16.1. The predicted molar refractivity (Wildman–Crippen MR) is 92.5 cm³/mol. The number of aromatic amines is 1. The lowest BCUT2D eigenvalue weighted by Crippen LogP contribution is -2.29. The quantitative estimate of drug-likeness (QED) is 0.763. The number of H-pyrrole nitrogens is 1. The van der Waals surface area contributed by atoms with Gasteiger partial charge < -0.3 is 10.3 Å². The number of aromatic nitrogens is 2. The van der Waals surface area contributed by atoms with Crippen LogP contribution in [-0.2, 0) is 0 Å². The van der Waals surface area contributed by atoms with Crippen LogP contribution in [0.4, 0.5) is 0 Å². The largest absolute Gasteiger partial charge is 0.350 e. The van der Waals surface area contributed by atoms with Crippen molar-refractivity contribution in [3.63, 3.8) is 0 Å². The van der Waals surface area contributed by atoms with Gasteiger partial charge in [0, 0.05) is 17.1 Å². The van der Waals surface area contributed by atoms with E-state index in [1.807, 2.05) is 50.2 Å². The molecular weight excluding hydrogens is 286 g/mol. The van der Waals surface area contributed by atoms with Gasteiger partial charge in [-0.1, -0.05) is 31.2 Å². The number of hydrogen-bond donors (Lipinski definition) is 2. The Morgan fingerprint density at radius 1 is 1.22 bits per heavy atom. The van der Waals surface area contributed by atoms with Crippen molar-refractivity contribution in [1.29, 1.82) is 0 Å². The Bertz CT molecular complexity index is 851. The van der Waals surface area contributed by atoms with Crippen molar-refractivity contribution in [3.05, 3.63) is 65.1 Å². The summed E-state index contributed by atoms with van der Waals surface area (Å²) in [6, 6.07) is 11.8. The van der Waals surface area contributed by atoms with E-state index in [4.69, 9.17) is 0 Å². The van der Waals surface area contributed by atoms with Gasteiger partial charge in [0.15, 0.2) is 0 Å². The van der Waals surface area contributed by atoms with Crippen LogP contribution in [-0.4, -0.2) is 15.9 Å². The molecule has 3 aromatic rings. The molecular formula is C19H21N3O. The van der Waals surface area contributed by atoms with Crippen molar-refractivity contribution in [2.45, 2.75) is 33.2 Å². The van der Waals surface area contributed by atoms with Crippen LogP contribution in [0.1, 0.15) is 46.7 Å². The molecule has 2 N–H and O–H groups in total. The molecule has 4 nitrogen and oxygen atoms in total. The van der Waals surface area contributed by atoms with Gasteiger partial charge in [0.2, 0.25) is 0 Å². The Labute approximate surface area is 136 Å². The fourth-order valence-electron chi connectivity index (χ4n) is 2.89. The van der Waals surface area contributed by atoms with Crippen molar-refractivity contribution >= 4 is 16.8 Å². The number of nitrogens with zero attached hydrogens (tertiary/aromatic N) is 1. The second-order valence-corrected chi connectivity index (χ2v) is 5.86. The molecule has 0 saturated carbocycles. The van der Waals surface area contributed by atoms with Crippen LogP contribution < -0.4 is 5.32 Å². The van der Waals surface area contributed by atoms with Gasteiger partial charge in [0.05, 0.1) is 11.7 Å². The average Bonchev–Trinajstić information content (AvgIpc) is 2.99. The maximum absolute atomic E-state index is 12.6. The zero-order valence-electron chi connectivity index (χ0n) is 13.7. The Morgan fingerprint density at radius 2 is 2.00 bits per heavy atom. The van der Waals surface area contributed by atoms with Crippen LogP contribution in [0.15, 0.2) is 42.6 Å². The monoisotopic (exact) mass is 307 g/mol. The lowest BCUT2D eigenvalue weighted by atomic mass is 10.1. The molecule has 1 unspecified atom stereocenters. The highest BCUT2D eigenvalue weighted by Crippen LogP contribution is 2.21. The van der Waals surface area contributed by atoms with Gasteiger partial charge in [-0.05, 0) is 43.5 Å². The molecule has 2 heterocycles. The molecule has 0 aliphatic rings. The number of rotatable bonds is 4. The molecule has 1 aromatic carbocycles. The van der Waals surface area contributed by atoms with Gasteiger partial charge in [0.1, 0.15) is 5.69 Å². The highest BCUT2D eigenvalue weighted by molar-refractivity contribution is 5.98. The fraction of sp³-hybridized carbons (Fsp3) is 0.263. The average molecular weight is 307 g/mol. The summed E-state index contributed by atoms with van der Waals surface area (Å²) in [7, 11) is 0. The molecule has 3 rings (SSSR count). The number of nitrogens with one attached hydrogen (secondary N) is 2. The maximum Gasteiger partial charge on any atom is 0.268 e. The SMILES string of the molecule is CCC(NC(=O)c1cc2cccc(C)c2[nH]1)c1ncccc1C. The number of fused-ring (bicyclic) bond motifs is 1. The molecule has 1 atom stereocenters. The summed E-state index contributed by atoms with van der Waals surface area (Å²) < 4.78 is 0. The number of aryl methyl sites for hydroxylation is 2. The van der Waals surface area contributed by atoms with E-state index in [0.29, 0.717) is 5.69 Å². The van der Waals surface area contributed by atoms with E-state index in [9.17, 15) is 4.79 Å². The van der Waals surface area contributed by atoms with Crippen molar-refractivity contribution < 1.29 is 4.79 Å². The molecule has 0 spiro atoms. The molecule has 4 heteroatoms. The Morgan fingerprint density at radius 3 is 2.70 bits per heavy atom. The zero-order chi connectivity index (χ0) is 16.4. The lowest BCUT2D eigenvalue weighted by molar-refractivity contribution is 0.0930. The molecule has 23 heavy (non-hydrogen) atoms. The minimum absolute atomic E-state index is 0.0868. The van der Waals surface area contributed by atoms with Crippen LogP contribution in [0.3, 0.4) is 0 Å². The zero-order valence-corrected chi connectivity index (χ0v) is 13.7. The molecule has 1 amide bonds. The summed E-state index contributed by atoms with van der Waals surface area (Å²) in [5.74, 6) is -0.0995. The van der Waals surface area contributed by atoms with Crippen LogP contribution in [0.25, 0.3) is 10.9 Å². The van der Waals surface area contributed by atoms with Gasteiger partial charge in [-0.25, -0.2) is 0 Å². The van der Waals surface area contributed by atoms with Crippen molar-refractivity contribution in [3.8, 4) is 0 Å². The van der Waals surface area contributed by atoms with E-state index in [0.717, 1.165) is 34.1 Å². The fourth-order valence-corrected chi connectivity index (χ4v) is 2.89. The summed E-state index contributed by atoms with van der Waals surface area (Å²) >= 11 is 0. The molecule has 0 fully saturated rings. The molecule has 118 valence electrons. The Hall–Kier alpha value is -2.62. The van der Waals surface area contributed by atoms with E-state index < -0.39 is 0 Å². The van der Waals surface area contributed by atoms with Crippen LogP contribution >= 0.6 is 0 Å². The second kappa shape index (κ2) is 6.24. The number of hydrogen-bond acceptors (Lipinski definition) is 2. The molecule has 0 saturated heterocycles. The molecule has 0 aliphatic heterocycles. The molecule has 0 radical (unpaired) electrons. The number of pyridine rings is 1. The summed E-state index contributed by atoms with van der Waals surface area (Å²) in [5, 5.41) is 4.14. The first-order chi connectivity index (χ1) is 11.1. The normalized spacial score (nSPS) is 12.3. The van der Waals surface area contributed by atoms with E-state index in [1.165, 1.54) is 0 Å². The smallest absolute Gasteiger partial charge is 0.268 e. The molecule has 0 aliphatic carbocycles. The summed E-state index contributed by atoms with van der Waals surface area (Å²) in [6.45, 7) is 6.10. The van der Waals surface area contributed by atoms with Crippen molar-refractivity contribution in [1.82, 2.24) is 15.3 Å². The van der Waals surface area contributed by atoms with Crippen molar-refractivity contribution in [2.24, 2.45) is 0 Å². The topological polar surface area (TPSA) is 57.8 Å². The van der Waals surface area contributed by atoms with Gasteiger partial charge in [0.25, 0.3) is 5.91 Å². The lowest BCUT2D eigenvalue weighted by Gasteiger charge is -2.17. The standard InChI is InChI=1S/C19H21N3O/c1-4-15(18-13(3)8-6-10-20-18)22-19(23)16-11-14-9-5-7-12(2)17(14)21-16/h5-11,15,21H,4H2,1-3H3,(H,22,23). The third-order valence-electron chi connectivity index (χ3n) is 4.20. The maximum atomic E-state index is 12.6. The Kier molecular flexibility index (Phi) is 4.15. The third kappa shape index (κ3) is 2.97. The van der Waals surface area contributed by atoms with E-state index >= 15 is 0 Å². The van der Waals surface area contributed by atoms with E-state index in [2.05, 4.69) is 22.2 Å². The number of carbonyl (C=O) groups excluding carboxylic acids is 1. The second-order valence-electron chi connectivity index (χ2n) is 5.86. The number of para-hydroxylation sites is 1. The minimum atomic E-state index is -0.0995. The molecule has 2 aromatic heterocycles. The summed E-state index contributed by atoms with van der Waals surface area (Å²) in [5.41, 5.74) is 4.75. The number of amides is 1. The van der Waals surface area contributed by atoms with Gasteiger partial charge in [-0.3, -0.25) is 9.78 Å². The van der Waals surface area contributed by atoms with E-state index in [-0.39, 0.29) is 11.9 Å².